The van der Waals surface area contributed by atoms with Crippen LogP contribution in [0, 0.1) is 0 Å². The second-order valence-electron chi connectivity index (χ2n) is 5.11. The summed E-state index contributed by atoms with van der Waals surface area (Å²) in [4.78, 5) is 11.9. The maximum Gasteiger partial charge on any atom is 0.248 e. The number of carbonyl (C=O) groups excluding carboxylic acids is 1. The first kappa shape index (κ1) is 12.7. The molecule has 1 N–H and O–H groups in total. The van der Waals surface area contributed by atoms with E-state index in [1.807, 2.05) is 19.3 Å². The van der Waals surface area contributed by atoms with Gasteiger partial charge in [0.2, 0.25) is 5.91 Å². The minimum absolute atomic E-state index is 0.119. The van der Waals surface area contributed by atoms with Crippen molar-refractivity contribution < 1.29 is 4.79 Å². The first-order valence-corrected chi connectivity index (χ1v) is 6.80. The van der Waals surface area contributed by atoms with Crippen molar-refractivity contribution in [1.82, 2.24) is 9.78 Å². The molecule has 0 radical (unpaired) electrons. The van der Waals surface area contributed by atoms with Crippen LogP contribution in [-0.4, -0.2) is 15.7 Å². The number of hydrogen-bond acceptors (Lipinski definition) is 2. The summed E-state index contributed by atoms with van der Waals surface area (Å²) in [5, 5.41) is 6.95. The quantitative estimate of drug-likeness (QED) is 0.869. The lowest BCUT2D eigenvalue weighted by Crippen LogP contribution is -2.07. The van der Waals surface area contributed by atoms with Crippen LogP contribution in [0.15, 0.2) is 36.7 Å². The number of anilines is 1. The molecule has 0 aliphatic heterocycles. The maximum absolute atomic E-state index is 11.9. The van der Waals surface area contributed by atoms with Crippen LogP contribution < -0.4 is 5.32 Å². The molecule has 3 rings (SSSR count). The van der Waals surface area contributed by atoms with E-state index < -0.39 is 0 Å². The maximum atomic E-state index is 11.9. The van der Waals surface area contributed by atoms with Gasteiger partial charge in [-0.1, -0.05) is 6.07 Å². The van der Waals surface area contributed by atoms with Gasteiger partial charge >= 0.3 is 0 Å². The summed E-state index contributed by atoms with van der Waals surface area (Å²) < 4.78 is 1.71. The van der Waals surface area contributed by atoms with Gasteiger partial charge in [0.25, 0.3) is 0 Å². The molecule has 0 fully saturated rings. The van der Waals surface area contributed by atoms with Crippen molar-refractivity contribution in [3.8, 4) is 0 Å². The zero-order valence-corrected chi connectivity index (χ0v) is 11.5. The van der Waals surface area contributed by atoms with Crippen LogP contribution in [0.1, 0.15) is 23.1 Å². The first-order chi connectivity index (χ1) is 9.70. The molecule has 0 atom stereocenters. The summed E-state index contributed by atoms with van der Waals surface area (Å²) in [6.07, 6.45) is 10.4. The van der Waals surface area contributed by atoms with Gasteiger partial charge in [-0.05, 0) is 48.6 Å². The molecule has 1 aromatic carbocycles. The molecular formula is C16H17N3O. The summed E-state index contributed by atoms with van der Waals surface area (Å²) in [5.41, 5.74) is 4.55. The number of hydrogen-bond donors (Lipinski definition) is 1. The van der Waals surface area contributed by atoms with E-state index in [1.165, 1.54) is 23.6 Å². The molecule has 0 saturated carbocycles. The van der Waals surface area contributed by atoms with Crippen LogP contribution in [0.2, 0.25) is 0 Å². The number of fused-ring (bicyclic) bond motifs is 1. The summed E-state index contributed by atoms with van der Waals surface area (Å²) in [6.45, 7) is 0. The third-order valence-corrected chi connectivity index (χ3v) is 3.52. The largest absolute Gasteiger partial charge is 0.323 e. The molecule has 1 aliphatic carbocycles. The lowest BCUT2D eigenvalue weighted by atomic mass is 10.1. The number of nitrogens with zero attached hydrogens (tertiary/aromatic N) is 2. The minimum atomic E-state index is -0.119. The standard InChI is InChI=1S/C16H17N3O/c1-19-11-12(10-17-19)5-8-16(20)18-15-7-6-13-3-2-4-14(13)9-15/h5-11H,2-4H2,1H3,(H,18,20)/b8-5+. The number of carbonyl (C=O) groups is 1. The highest BCUT2D eigenvalue weighted by Crippen LogP contribution is 2.24. The smallest absolute Gasteiger partial charge is 0.248 e. The highest BCUT2D eigenvalue weighted by atomic mass is 16.1. The molecule has 1 amide bonds. The third-order valence-electron chi connectivity index (χ3n) is 3.52. The molecule has 1 aliphatic rings. The van der Waals surface area contributed by atoms with Gasteiger partial charge in [-0.2, -0.15) is 5.10 Å². The van der Waals surface area contributed by atoms with Crippen molar-refractivity contribution in [3.05, 3.63) is 53.4 Å². The van der Waals surface area contributed by atoms with Crippen LogP contribution in [0.4, 0.5) is 5.69 Å². The number of benzene rings is 1. The Labute approximate surface area is 118 Å². The van der Waals surface area contributed by atoms with E-state index in [4.69, 9.17) is 0 Å². The van der Waals surface area contributed by atoms with Gasteiger partial charge in [0.15, 0.2) is 0 Å². The fourth-order valence-corrected chi connectivity index (χ4v) is 2.53. The Bertz CT molecular complexity index is 670. The van der Waals surface area contributed by atoms with Gasteiger partial charge in [0.05, 0.1) is 6.20 Å². The van der Waals surface area contributed by atoms with Gasteiger partial charge in [0, 0.05) is 30.6 Å². The van der Waals surface area contributed by atoms with E-state index in [2.05, 4.69) is 22.5 Å². The van der Waals surface area contributed by atoms with E-state index in [0.717, 1.165) is 24.1 Å². The van der Waals surface area contributed by atoms with Crippen molar-refractivity contribution in [2.75, 3.05) is 5.32 Å². The van der Waals surface area contributed by atoms with Gasteiger partial charge in [-0.3, -0.25) is 9.48 Å². The fraction of sp³-hybridized carbons (Fsp3) is 0.250. The van der Waals surface area contributed by atoms with E-state index in [-0.39, 0.29) is 5.91 Å². The Morgan fingerprint density at radius 3 is 3.00 bits per heavy atom. The van der Waals surface area contributed by atoms with Crippen LogP contribution in [0.3, 0.4) is 0 Å². The Morgan fingerprint density at radius 1 is 1.35 bits per heavy atom. The molecule has 4 heteroatoms. The molecule has 0 saturated heterocycles. The van der Waals surface area contributed by atoms with Crippen molar-refractivity contribution >= 4 is 17.7 Å². The molecule has 1 heterocycles. The average Bonchev–Trinajstić information content (AvgIpc) is 3.04. The third kappa shape index (κ3) is 2.79. The molecule has 2 aromatic rings. The van der Waals surface area contributed by atoms with Crippen molar-refractivity contribution in [1.29, 1.82) is 0 Å². The SMILES string of the molecule is Cn1cc(/C=C/C(=O)Nc2ccc3c(c2)CCC3)cn1. The Balaban J connectivity index is 1.65. The monoisotopic (exact) mass is 267 g/mol. The molecule has 0 bridgehead atoms. The Morgan fingerprint density at radius 2 is 2.20 bits per heavy atom. The van der Waals surface area contributed by atoms with Crippen molar-refractivity contribution in [2.45, 2.75) is 19.3 Å². The molecule has 1 aromatic heterocycles. The van der Waals surface area contributed by atoms with Crippen LogP contribution >= 0.6 is 0 Å². The van der Waals surface area contributed by atoms with Crippen LogP contribution in [0.25, 0.3) is 6.08 Å². The highest BCUT2D eigenvalue weighted by Gasteiger charge is 2.11. The van der Waals surface area contributed by atoms with Crippen LogP contribution in [0.5, 0.6) is 0 Å². The lowest BCUT2D eigenvalue weighted by molar-refractivity contribution is -0.111. The number of aromatic nitrogens is 2. The van der Waals surface area contributed by atoms with Crippen molar-refractivity contribution in [3.63, 3.8) is 0 Å². The van der Waals surface area contributed by atoms with Crippen LogP contribution in [-0.2, 0) is 24.7 Å². The van der Waals surface area contributed by atoms with Gasteiger partial charge in [-0.25, -0.2) is 0 Å². The number of aryl methyl sites for hydroxylation is 3. The Kier molecular flexibility index (Phi) is 3.37. The number of rotatable bonds is 3. The zero-order valence-electron chi connectivity index (χ0n) is 11.5. The first-order valence-electron chi connectivity index (χ1n) is 6.80. The molecule has 4 nitrogen and oxygen atoms in total. The minimum Gasteiger partial charge on any atom is -0.323 e. The normalized spacial score (nSPS) is 13.7. The fourth-order valence-electron chi connectivity index (χ4n) is 2.53. The average molecular weight is 267 g/mol. The molecule has 0 unspecified atom stereocenters. The summed E-state index contributed by atoms with van der Waals surface area (Å²) in [6, 6.07) is 6.17. The number of nitrogens with one attached hydrogen (secondary N) is 1. The van der Waals surface area contributed by atoms with E-state index >= 15 is 0 Å². The van der Waals surface area contributed by atoms with E-state index in [1.54, 1.807) is 17.0 Å². The number of amides is 1. The lowest BCUT2D eigenvalue weighted by Gasteiger charge is -2.05. The summed E-state index contributed by atoms with van der Waals surface area (Å²) >= 11 is 0. The second-order valence-corrected chi connectivity index (χ2v) is 5.11. The van der Waals surface area contributed by atoms with Crippen molar-refractivity contribution in [2.24, 2.45) is 7.05 Å². The predicted molar refractivity (Wildman–Crippen MR) is 79.3 cm³/mol. The topological polar surface area (TPSA) is 46.9 Å². The predicted octanol–water partition coefficient (Wildman–Crippen LogP) is 2.56. The van der Waals surface area contributed by atoms with Gasteiger partial charge < -0.3 is 5.32 Å². The van der Waals surface area contributed by atoms with E-state index in [9.17, 15) is 4.79 Å². The highest BCUT2D eigenvalue weighted by molar-refractivity contribution is 6.01. The molecule has 0 spiro atoms. The van der Waals surface area contributed by atoms with E-state index in [0.29, 0.717) is 0 Å². The van der Waals surface area contributed by atoms with Gasteiger partial charge in [0.1, 0.15) is 0 Å². The molecular weight excluding hydrogens is 250 g/mol. The Hall–Kier alpha value is -2.36. The second kappa shape index (κ2) is 5.33. The zero-order chi connectivity index (χ0) is 13.9. The van der Waals surface area contributed by atoms with Gasteiger partial charge in [-0.15, -0.1) is 0 Å². The summed E-state index contributed by atoms with van der Waals surface area (Å²) in [7, 11) is 1.85. The molecule has 20 heavy (non-hydrogen) atoms. The molecule has 102 valence electrons. The summed E-state index contributed by atoms with van der Waals surface area (Å²) in [5.74, 6) is -0.119.